The number of ether oxygens (including phenoxy) is 4. The maximum atomic E-state index is 12.7. The predicted molar refractivity (Wildman–Crippen MR) is 179 cm³/mol. The first-order valence-electron chi connectivity index (χ1n) is 15.5. The van der Waals surface area contributed by atoms with Gasteiger partial charge in [0, 0.05) is 47.7 Å². The van der Waals surface area contributed by atoms with Crippen LogP contribution in [0.2, 0.25) is 0 Å². The molecule has 5 aromatic rings. The molecule has 244 valence electrons. The Balaban J connectivity index is 1.34. The Labute approximate surface area is 271 Å². The third kappa shape index (κ3) is 7.47. The van der Waals surface area contributed by atoms with Gasteiger partial charge in [0.15, 0.2) is 17.3 Å². The van der Waals surface area contributed by atoms with Gasteiger partial charge in [0.05, 0.1) is 44.2 Å². The van der Waals surface area contributed by atoms with Crippen molar-refractivity contribution in [3.8, 4) is 22.9 Å². The van der Waals surface area contributed by atoms with Crippen LogP contribution in [0.4, 0.5) is 22.0 Å². The van der Waals surface area contributed by atoms with Crippen molar-refractivity contribution in [1.82, 2.24) is 24.6 Å². The van der Waals surface area contributed by atoms with Crippen LogP contribution in [0.1, 0.15) is 27.2 Å². The van der Waals surface area contributed by atoms with Crippen molar-refractivity contribution in [3.63, 3.8) is 0 Å². The molecule has 0 amide bonds. The van der Waals surface area contributed by atoms with Crippen LogP contribution in [-0.2, 0) is 9.47 Å². The van der Waals surface area contributed by atoms with E-state index in [9.17, 15) is 9.70 Å². The number of anilines is 2. The normalized spacial score (nSPS) is 13.9. The van der Waals surface area contributed by atoms with Crippen LogP contribution in [0.3, 0.4) is 0 Å². The number of fused-ring (bicyclic) bond motifs is 2. The lowest BCUT2D eigenvalue weighted by Gasteiger charge is -2.26. The van der Waals surface area contributed by atoms with E-state index >= 15 is 0 Å². The van der Waals surface area contributed by atoms with Crippen molar-refractivity contribution in [2.75, 3.05) is 51.9 Å². The molecule has 0 aliphatic carbocycles. The zero-order valence-electron chi connectivity index (χ0n) is 26.9. The molecule has 0 radical (unpaired) electrons. The van der Waals surface area contributed by atoms with Gasteiger partial charge in [-0.25, -0.2) is 14.8 Å². The van der Waals surface area contributed by atoms with Crippen molar-refractivity contribution in [2.45, 2.75) is 32.8 Å². The average molecular weight is 640 g/mol. The molecule has 1 saturated heterocycles. The summed E-state index contributed by atoms with van der Waals surface area (Å²) in [5, 5.41) is 12.2. The minimum atomic E-state index is -0.655. The van der Waals surface area contributed by atoms with Gasteiger partial charge >= 0.3 is 6.09 Å². The SMILES string of the molecule is COc1cc2nc(-c3cccc(N=O)c3)nc(Nc3ccc4c(cnn4C(=O)OC(C)(C)C)c3)c2cc1OCCCN1CCOCC1. The van der Waals surface area contributed by atoms with Gasteiger partial charge in [0.1, 0.15) is 17.1 Å². The highest BCUT2D eigenvalue weighted by molar-refractivity contribution is 5.96. The predicted octanol–water partition coefficient (Wildman–Crippen LogP) is 6.68. The molecule has 0 atom stereocenters. The number of nitrogens with zero attached hydrogens (tertiary/aromatic N) is 6. The maximum absolute atomic E-state index is 12.7. The van der Waals surface area contributed by atoms with E-state index in [1.54, 1.807) is 37.6 Å². The molecule has 13 heteroatoms. The summed E-state index contributed by atoms with van der Waals surface area (Å²) in [6.45, 7) is 10.2. The first-order valence-corrected chi connectivity index (χ1v) is 15.5. The van der Waals surface area contributed by atoms with E-state index in [4.69, 9.17) is 28.9 Å². The van der Waals surface area contributed by atoms with Crippen LogP contribution in [0.25, 0.3) is 33.2 Å². The van der Waals surface area contributed by atoms with Gasteiger partial charge in [-0.3, -0.25) is 4.90 Å². The first kappa shape index (κ1) is 31.8. The number of benzene rings is 3. The third-order valence-corrected chi connectivity index (χ3v) is 7.57. The number of hydrogen-bond acceptors (Lipinski definition) is 12. The van der Waals surface area contributed by atoms with E-state index in [1.165, 1.54) is 4.68 Å². The molecule has 1 fully saturated rings. The Morgan fingerprint density at radius 3 is 2.64 bits per heavy atom. The number of hydrogen-bond donors (Lipinski definition) is 1. The van der Waals surface area contributed by atoms with E-state index < -0.39 is 11.7 Å². The second kappa shape index (κ2) is 13.7. The molecule has 0 spiro atoms. The number of methoxy groups -OCH3 is 1. The quantitative estimate of drug-likeness (QED) is 0.129. The second-order valence-corrected chi connectivity index (χ2v) is 12.1. The highest BCUT2D eigenvalue weighted by atomic mass is 16.6. The Bertz CT molecular complexity index is 1910. The Hall–Kier alpha value is -5.14. The van der Waals surface area contributed by atoms with E-state index in [2.05, 4.69) is 20.5 Å². The van der Waals surface area contributed by atoms with Crippen LogP contribution >= 0.6 is 0 Å². The van der Waals surface area contributed by atoms with Crippen LogP contribution in [-0.4, -0.2) is 82.9 Å². The third-order valence-electron chi connectivity index (χ3n) is 7.57. The summed E-state index contributed by atoms with van der Waals surface area (Å²) >= 11 is 0. The summed E-state index contributed by atoms with van der Waals surface area (Å²) in [4.78, 5) is 36.1. The number of morpholine rings is 1. The largest absolute Gasteiger partial charge is 0.493 e. The summed E-state index contributed by atoms with van der Waals surface area (Å²) in [7, 11) is 1.59. The highest BCUT2D eigenvalue weighted by Crippen LogP contribution is 2.37. The average Bonchev–Trinajstić information content (AvgIpc) is 3.50. The van der Waals surface area contributed by atoms with Gasteiger partial charge in [-0.1, -0.05) is 12.1 Å². The molecule has 3 aromatic carbocycles. The first-order chi connectivity index (χ1) is 22.7. The summed E-state index contributed by atoms with van der Waals surface area (Å²) in [5.74, 6) is 2.01. The molecule has 1 N–H and O–H groups in total. The van der Waals surface area contributed by atoms with Crippen molar-refractivity contribution < 1.29 is 23.7 Å². The fraction of sp³-hybridized carbons (Fsp3) is 0.353. The maximum Gasteiger partial charge on any atom is 0.435 e. The van der Waals surface area contributed by atoms with Crippen molar-refractivity contribution in [3.05, 3.63) is 65.7 Å². The number of nitroso groups, excluding NO2 is 1. The standard InChI is InChI=1S/C34H37N7O6/c1-34(2,3)47-33(42)41-28-10-9-24(18-23(28)21-35-41)36-32-26-19-30(46-14-6-11-40-12-15-45-16-13-40)29(44-4)20-27(26)37-31(38-32)22-7-5-8-25(17-22)39-43/h5,7-10,17-21H,6,11-16H2,1-4H3,(H,36,37,38). The molecular weight excluding hydrogens is 602 g/mol. The molecule has 47 heavy (non-hydrogen) atoms. The lowest BCUT2D eigenvalue weighted by atomic mass is 10.1. The Kier molecular flexibility index (Phi) is 9.27. The van der Waals surface area contributed by atoms with E-state index in [0.29, 0.717) is 57.4 Å². The molecule has 0 saturated carbocycles. The Morgan fingerprint density at radius 2 is 1.87 bits per heavy atom. The van der Waals surface area contributed by atoms with E-state index in [1.807, 2.05) is 51.1 Å². The van der Waals surface area contributed by atoms with E-state index in [-0.39, 0.29) is 5.69 Å². The number of rotatable bonds is 10. The molecular formula is C34H37N7O6. The topological polar surface area (TPSA) is 142 Å². The highest BCUT2D eigenvalue weighted by Gasteiger charge is 2.21. The van der Waals surface area contributed by atoms with Crippen LogP contribution in [0, 0.1) is 4.91 Å². The van der Waals surface area contributed by atoms with Crippen LogP contribution in [0.5, 0.6) is 11.5 Å². The second-order valence-electron chi connectivity index (χ2n) is 12.1. The molecule has 6 rings (SSSR count). The van der Waals surface area contributed by atoms with Crippen molar-refractivity contribution in [1.29, 1.82) is 0 Å². The number of nitrogens with one attached hydrogen (secondary N) is 1. The number of carbonyl (C=O) groups is 1. The lowest BCUT2D eigenvalue weighted by molar-refractivity contribution is 0.0357. The molecule has 0 unspecified atom stereocenters. The van der Waals surface area contributed by atoms with Gasteiger partial charge in [-0.15, -0.1) is 4.91 Å². The fourth-order valence-electron chi connectivity index (χ4n) is 5.33. The number of carbonyl (C=O) groups excluding carboxylic acids is 1. The van der Waals surface area contributed by atoms with Crippen LogP contribution in [0.15, 0.2) is 66.0 Å². The molecule has 2 aromatic heterocycles. The van der Waals surface area contributed by atoms with Gasteiger partial charge in [-0.2, -0.15) is 9.78 Å². The molecule has 0 bridgehead atoms. The zero-order valence-corrected chi connectivity index (χ0v) is 26.9. The lowest BCUT2D eigenvalue weighted by Crippen LogP contribution is -2.37. The summed E-state index contributed by atoms with van der Waals surface area (Å²) in [6.07, 6.45) is 1.90. The fourth-order valence-corrected chi connectivity index (χ4v) is 5.33. The minimum Gasteiger partial charge on any atom is -0.493 e. The van der Waals surface area contributed by atoms with Gasteiger partial charge in [-0.05, 0) is 68.8 Å². The minimum absolute atomic E-state index is 0.270. The Morgan fingerprint density at radius 1 is 1.04 bits per heavy atom. The summed E-state index contributed by atoms with van der Waals surface area (Å²) in [6, 6.07) is 16.0. The van der Waals surface area contributed by atoms with E-state index in [0.717, 1.165) is 44.7 Å². The number of aromatic nitrogens is 4. The zero-order chi connectivity index (χ0) is 33.0. The summed E-state index contributed by atoms with van der Waals surface area (Å²) in [5.41, 5.74) is 2.17. The summed E-state index contributed by atoms with van der Waals surface area (Å²) < 4.78 is 24.1. The van der Waals surface area contributed by atoms with Gasteiger partial charge in [0.25, 0.3) is 0 Å². The van der Waals surface area contributed by atoms with Crippen molar-refractivity contribution in [2.24, 2.45) is 5.18 Å². The smallest absolute Gasteiger partial charge is 0.435 e. The molecule has 1 aliphatic rings. The van der Waals surface area contributed by atoms with Gasteiger partial charge in [0.2, 0.25) is 0 Å². The molecule has 3 heterocycles. The van der Waals surface area contributed by atoms with Crippen molar-refractivity contribution >= 4 is 45.1 Å². The van der Waals surface area contributed by atoms with Gasteiger partial charge < -0.3 is 24.3 Å². The van der Waals surface area contributed by atoms with Crippen LogP contribution < -0.4 is 14.8 Å². The monoisotopic (exact) mass is 639 g/mol. The molecule has 1 aliphatic heterocycles. The molecule has 13 nitrogen and oxygen atoms in total.